The first kappa shape index (κ1) is 21.4. The van der Waals surface area contributed by atoms with Gasteiger partial charge >= 0.3 is 0 Å². The Morgan fingerprint density at radius 3 is 2.52 bits per heavy atom. The van der Waals surface area contributed by atoms with Crippen LogP contribution < -0.4 is 9.62 Å². The number of hydrogen-bond acceptors (Lipinski definition) is 3. The minimum Gasteiger partial charge on any atom is -0.349 e. The minimum atomic E-state index is -3.58. The average Bonchev–Trinajstić information content (AvgIpc) is 2.96. The molecule has 1 N–H and O–H groups in total. The standard InChI is InChI=1S/C25H28N2O3S/c1-4-21(20-14-13-17(2)16-18(20)3)26-24(28)12-7-15-27-22-10-5-8-19-9-6-11-23(25(19)22)31(27,29)30/h5-6,8-11,13-14,16,21H,4,7,12,15H2,1-3H3,(H,26,28)/t21-/m0/s1. The lowest BCUT2D eigenvalue weighted by atomic mass is 9.97. The summed E-state index contributed by atoms with van der Waals surface area (Å²) in [6.07, 6.45) is 1.53. The quantitative estimate of drug-likeness (QED) is 0.566. The maximum absolute atomic E-state index is 13.0. The lowest BCUT2D eigenvalue weighted by Gasteiger charge is -2.21. The molecule has 0 fully saturated rings. The smallest absolute Gasteiger partial charge is 0.265 e. The molecule has 0 spiro atoms. The molecule has 0 aliphatic carbocycles. The van der Waals surface area contributed by atoms with E-state index in [-0.39, 0.29) is 24.9 Å². The van der Waals surface area contributed by atoms with Crippen molar-refractivity contribution in [2.75, 3.05) is 10.8 Å². The summed E-state index contributed by atoms with van der Waals surface area (Å²) in [5, 5.41) is 4.81. The topological polar surface area (TPSA) is 66.5 Å². The van der Waals surface area contributed by atoms with E-state index in [0.29, 0.717) is 17.0 Å². The van der Waals surface area contributed by atoms with E-state index >= 15 is 0 Å². The van der Waals surface area contributed by atoms with Gasteiger partial charge in [-0.2, -0.15) is 0 Å². The Bertz CT molecular complexity index is 1250. The predicted octanol–water partition coefficient (Wildman–Crippen LogP) is 5.01. The summed E-state index contributed by atoms with van der Waals surface area (Å²) in [6.45, 7) is 6.46. The minimum absolute atomic E-state index is 0.0402. The molecule has 1 atom stereocenters. The van der Waals surface area contributed by atoms with Crippen LogP contribution in [-0.4, -0.2) is 20.9 Å². The van der Waals surface area contributed by atoms with Crippen LogP contribution in [-0.2, 0) is 14.8 Å². The highest BCUT2D eigenvalue weighted by Gasteiger charge is 2.35. The van der Waals surface area contributed by atoms with Gasteiger partial charge < -0.3 is 5.32 Å². The van der Waals surface area contributed by atoms with Crippen molar-refractivity contribution in [3.05, 3.63) is 71.3 Å². The highest BCUT2D eigenvalue weighted by molar-refractivity contribution is 7.93. The molecule has 0 radical (unpaired) electrons. The van der Waals surface area contributed by atoms with E-state index in [1.54, 1.807) is 12.1 Å². The summed E-state index contributed by atoms with van der Waals surface area (Å²) in [4.78, 5) is 13.0. The number of benzene rings is 3. The first-order valence-electron chi connectivity index (χ1n) is 10.7. The Morgan fingerprint density at radius 2 is 1.81 bits per heavy atom. The Morgan fingerprint density at radius 1 is 1.06 bits per heavy atom. The zero-order valence-electron chi connectivity index (χ0n) is 18.2. The maximum atomic E-state index is 13.0. The fraction of sp³-hybridized carbons (Fsp3) is 0.320. The normalized spacial score (nSPS) is 15.3. The lowest BCUT2D eigenvalue weighted by Crippen LogP contribution is -2.31. The Labute approximate surface area is 184 Å². The largest absolute Gasteiger partial charge is 0.349 e. The van der Waals surface area contributed by atoms with E-state index in [1.807, 2.05) is 24.3 Å². The van der Waals surface area contributed by atoms with Gasteiger partial charge in [0.1, 0.15) is 0 Å². The number of carbonyl (C=O) groups excluding carboxylic acids is 1. The third kappa shape index (κ3) is 3.92. The second kappa shape index (κ2) is 8.35. The van der Waals surface area contributed by atoms with Gasteiger partial charge in [0.2, 0.25) is 5.91 Å². The summed E-state index contributed by atoms with van der Waals surface area (Å²) in [5.41, 5.74) is 4.20. The van der Waals surface area contributed by atoms with Gasteiger partial charge in [0.25, 0.3) is 10.0 Å². The second-order valence-corrected chi connectivity index (χ2v) is 10.0. The van der Waals surface area contributed by atoms with Crippen LogP contribution in [0.3, 0.4) is 0 Å². The van der Waals surface area contributed by atoms with Crippen LogP contribution in [0.25, 0.3) is 10.8 Å². The van der Waals surface area contributed by atoms with E-state index in [1.165, 1.54) is 15.4 Å². The molecule has 162 valence electrons. The van der Waals surface area contributed by atoms with Gasteiger partial charge in [0.05, 0.1) is 16.6 Å². The molecule has 1 aliphatic heterocycles. The van der Waals surface area contributed by atoms with Crippen LogP contribution >= 0.6 is 0 Å². The SMILES string of the molecule is CC[C@H](NC(=O)CCCN1c2cccc3cccc(c23)S1(=O)=O)c1ccc(C)cc1C. The van der Waals surface area contributed by atoms with Crippen LogP contribution in [0.2, 0.25) is 0 Å². The van der Waals surface area contributed by atoms with Gasteiger partial charge in [-0.1, -0.05) is 55.0 Å². The van der Waals surface area contributed by atoms with Gasteiger partial charge in [-0.15, -0.1) is 0 Å². The van der Waals surface area contributed by atoms with E-state index in [9.17, 15) is 13.2 Å². The number of sulfonamides is 1. The third-order valence-electron chi connectivity index (χ3n) is 5.99. The molecule has 31 heavy (non-hydrogen) atoms. The van der Waals surface area contributed by atoms with Crippen molar-refractivity contribution in [2.24, 2.45) is 0 Å². The first-order chi connectivity index (χ1) is 14.8. The molecular weight excluding hydrogens is 408 g/mol. The molecule has 1 amide bonds. The van der Waals surface area contributed by atoms with Crippen LogP contribution in [0.4, 0.5) is 5.69 Å². The lowest BCUT2D eigenvalue weighted by molar-refractivity contribution is -0.121. The summed E-state index contributed by atoms with van der Waals surface area (Å²) in [5.74, 6) is -0.0563. The van der Waals surface area contributed by atoms with Crippen molar-refractivity contribution in [1.82, 2.24) is 5.32 Å². The molecule has 0 aromatic heterocycles. The Kier molecular flexibility index (Phi) is 5.75. The van der Waals surface area contributed by atoms with Gasteiger partial charge in [0.15, 0.2) is 0 Å². The summed E-state index contributed by atoms with van der Waals surface area (Å²) in [7, 11) is -3.58. The van der Waals surface area contributed by atoms with Crippen LogP contribution in [0, 0.1) is 13.8 Å². The second-order valence-electron chi connectivity index (χ2n) is 8.20. The van der Waals surface area contributed by atoms with Crippen LogP contribution in [0.1, 0.15) is 48.9 Å². The first-order valence-corrected chi connectivity index (χ1v) is 12.2. The number of amides is 1. The molecule has 3 aromatic rings. The average molecular weight is 437 g/mol. The number of nitrogens with zero attached hydrogens (tertiary/aromatic N) is 1. The Hall–Kier alpha value is -2.86. The highest BCUT2D eigenvalue weighted by Crippen LogP contribution is 2.41. The van der Waals surface area contributed by atoms with E-state index < -0.39 is 10.0 Å². The highest BCUT2D eigenvalue weighted by atomic mass is 32.2. The van der Waals surface area contributed by atoms with Crippen molar-refractivity contribution in [3.8, 4) is 0 Å². The van der Waals surface area contributed by atoms with Crippen LogP contribution in [0.5, 0.6) is 0 Å². The van der Waals surface area contributed by atoms with Gasteiger partial charge in [-0.25, -0.2) is 8.42 Å². The van der Waals surface area contributed by atoms with Crippen molar-refractivity contribution < 1.29 is 13.2 Å². The number of hydrogen-bond donors (Lipinski definition) is 1. The number of rotatable bonds is 7. The van der Waals surface area contributed by atoms with Gasteiger partial charge in [-0.3, -0.25) is 9.10 Å². The molecule has 0 unspecified atom stereocenters. The number of aryl methyl sites for hydroxylation is 2. The molecule has 0 bridgehead atoms. The molecule has 5 nitrogen and oxygen atoms in total. The van der Waals surface area contributed by atoms with Gasteiger partial charge in [-0.05, 0) is 55.3 Å². The fourth-order valence-corrected chi connectivity index (χ4v) is 6.21. The number of nitrogens with one attached hydrogen (secondary N) is 1. The fourth-order valence-electron chi connectivity index (χ4n) is 4.47. The summed E-state index contributed by atoms with van der Waals surface area (Å²) in [6, 6.07) is 17.2. The molecular formula is C25H28N2O3S. The van der Waals surface area contributed by atoms with Crippen molar-refractivity contribution in [3.63, 3.8) is 0 Å². The molecule has 0 saturated heterocycles. The third-order valence-corrected chi connectivity index (χ3v) is 7.85. The summed E-state index contributed by atoms with van der Waals surface area (Å²) < 4.78 is 27.5. The zero-order chi connectivity index (χ0) is 22.2. The van der Waals surface area contributed by atoms with Crippen molar-refractivity contribution in [1.29, 1.82) is 0 Å². The predicted molar refractivity (Wildman–Crippen MR) is 125 cm³/mol. The zero-order valence-corrected chi connectivity index (χ0v) is 19.0. The molecule has 3 aromatic carbocycles. The van der Waals surface area contributed by atoms with E-state index in [0.717, 1.165) is 22.8 Å². The van der Waals surface area contributed by atoms with Gasteiger partial charge in [0, 0.05) is 18.4 Å². The molecule has 1 aliphatic rings. The van der Waals surface area contributed by atoms with Crippen molar-refractivity contribution in [2.45, 2.75) is 51.0 Å². The molecule has 1 heterocycles. The van der Waals surface area contributed by atoms with E-state index in [4.69, 9.17) is 0 Å². The Balaban J connectivity index is 1.43. The van der Waals surface area contributed by atoms with Crippen LogP contribution in [0.15, 0.2) is 59.5 Å². The van der Waals surface area contributed by atoms with E-state index in [2.05, 4.69) is 44.3 Å². The number of carbonyl (C=O) groups is 1. The summed E-state index contributed by atoms with van der Waals surface area (Å²) >= 11 is 0. The number of anilines is 1. The monoisotopic (exact) mass is 436 g/mol. The molecule has 0 saturated carbocycles. The van der Waals surface area contributed by atoms with Crippen molar-refractivity contribution >= 4 is 32.4 Å². The molecule has 4 rings (SSSR count). The maximum Gasteiger partial charge on any atom is 0.265 e. The molecule has 6 heteroatoms.